The monoisotopic (exact) mass is 549 g/mol. The van der Waals surface area contributed by atoms with Gasteiger partial charge in [0.05, 0.1) is 28.9 Å². The summed E-state index contributed by atoms with van der Waals surface area (Å²) in [5.41, 5.74) is -0.397. The Balaban J connectivity index is 1.53. The van der Waals surface area contributed by atoms with Gasteiger partial charge in [-0.3, -0.25) is 4.57 Å². The van der Waals surface area contributed by atoms with Crippen molar-refractivity contribution in [3.05, 3.63) is 86.9 Å². The third-order valence-corrected chi connectivity index (χ3v) is 7.35. The first-order valence-corrected chi connectivity index (χ1v) is 12.8. The number of halogens is 3. The topological polar surface area (TPSA) is 91.4 Å². The summed E-state index contributed by atoms with van der Waals surface area (Å²) >= 11 is 1.11. The van der Waals surface area contributed by atoms with E-state index in [-0.39, 0.29) is 23.5 Å². The Labute approximate surface area is 216 Å². The first kappa shape index (κ1) is 26.5. The van der Waals surface area contributed by atoms with Crippen LogP contribution in [0.5, 0.6) is 10.8 Å². The number of hydrogen-bond acceptors (Lipinski definition) is 6. The van der Waals surface area contributed by atoms with Crippen LogP contribution in [-0.2, 0) is 17.5 Å². The highest BCUT2D eigenvalue weighted by atomic mass is 32.2. The average molecular weight is 550 g/mol. The molecule has 2 heterocycles. The Kier molecular flexibility index (Phi) is 7.46. The van der Waals surface area contributed by atoms with Gasteiger partial charge in [-0.05, 0) is 52.0 Å². The number of nitrogens with zero attached hydrogens (tertiary/aromatic N) is 5. The number of ether oxygens (including phenoxy) is 1. The molecule has 194 valence electrons. The summed E-state index contributed by atoms with van der Waals surface area (Å²) in [6.45, 7) is 6.71. The fourth-order valence-corrected chi connectivity index (χ4v) is 4.46. The predicted molar refractivity (Wildman–Crippen MR) is 136 cm³/mol. The molecule has 4 rings (SSSR count). The van der Waals surface area contributed by atoms with Crippen molar-refractivity contribution in [2.24, 2.45) is 4.40 Å². The molecule has 0 bridgehead atoms. The Morgan fingerprint density at radius 1 is 1.14 bits per heavy atom. The highest BCUT2D eigenvalue weighted by molar-refractivity contribution is 7.85. The van der Waals surface area contributed by atoms with Crippen LogP contribution in [0.15, 0.2) is 51.9 Å². The van der Waals surface area contributed by atoms with Crippen LogP contribution in [0, 0.1) is 24.4 Å². The van der Waals surface area contributed by atoms with Gasteiger partial charge in [0.2, 0.25) is 5.06 Å². The van der Waals surface area contributed by atoms with Crippen molar-refractivity contribution in [3.63, 3.8) is 0 Å². The van der Waals surface area contributed by atoms with E-state index in [0.29, 0.717) is 15.8 Å². The van der Waals surface area contributed by atoms with Crippen molar-refractivity contribution >= 4 is 28.5 Å². The van der Waals surface area contributed by atoms with Crippen LogP contribution in [0.1, 0.15) is 37.0 Å². The number of hydrogen-bond donors (Lipinski definition) is 0. The van der Waals surface area contributed by atoms with Gasteiger partial charge in [0.15, 0.2) is 11.6 Å². The molecule has 0 amide bonds. The zero-order valence-electron chi connectivity index (χ0n) is 20.2. The van der Waals surface area contributed by atoms with Gasteiger partial charge in [-0.1, -0.05) is 17.4 Å². The molecule has 0 radical (unpaired) electrons. The Bertz CT molecular complexity index is 1550. The second-order valence-corrected chi connectivity index (χ2v) is 11.8. The smallest absolute Gasteiger partial charge is 0.350 e. The SMILES string of the molecule is Cc1nc(C=NS(=O)C(C)(C)C)sc1Oc1ccc(-n2ncn(Cc3c(F)cccc3F)c2=O)cc1F. The molecule has 0 fully saturated rings. The second kappa shape index (κ2) is 10.4. The van der Waals surface area contributed by atoms with Crippen molar-refractivity contribution in [3.8, 4) is 16.5 Å². The molecule has 0 aliphatic heterocycles. The van der Waals surface area contributed by atoms with E-state index >= 15 is 0 Å². The van der Waals surface area contributed by atoms with Crippen LogP contribution in [0.25, 0.3) is 5.69 Å². The molecule has 0 N–H and O–H groups in total. The third-order valence-electron chi connectivity index (χ3n) is 5.04. The maximum atomic E-state index is 14.9. The van der Waals surface area contributed by atoms with Gasteiger partial charge in [0.25, 0.3) is 0 Å². The van der Waals surface area contributed by atoms with E-state index in [1.165, 1.54) is 24.4 Å². The Morgan fingerprint density at radius 3 is 2.49 bits per heavy atom. The molecule has 0 saturated heterocycles. The van der Waals surface area contributed by atoms with Crippen LogP contribution < -0.4 is 10.4 Å². The van der Waals surface area contributed by atoms with Crippen molar-refractivity contribution in [2.75, 3.05) is 0 Å². The lowest BCUT2D eigenvalue weighted by molar-refractivity contribution is 0.448. The Morgan fingerprint density at radius 2 is 1.84 bits per heavy atom. The molecule has 0 aliphatic rings. The quantitative estimate of drug-likeness (QED) is 0.305. The first-order chi connectivity index (χ1) is 17.4. The molecule has 37 heavy (non-hydrogen) atoms. The maximum Gasteiger partial charge on any atom is 0.350 e. The molecule has 8 nitrogen and oxygen atoms in total. The lowest BCUT2D eigenvalue weighted by Gasteiger charge is -2.12. The number of aromatic nitrogens is 4. The minimum Gasteiger partial charge on any atom is -0.442 e. The maximum absolute atomic E-state index is 14.9. The molecule has 0 aliphatic carbocycles. The van der Waals surface area contributed by atoms with Gasteiger partial charge < -0.3 is 4.74 Å². The molecule has 0 saturated carbocycles. The molecule has 2 aromatic carbocycles. The normalized spacial score (nSPS) is 12.8. The van der Waals surface area contributed by atoms with E-state index in [2.05, 4.69) is 14.5 Å². The van der Waals surface area contributed by atoms with E-state index in [1.807, 2.05) is 0 Å². The fraction of sp³-hybridized carbons (Fsp3) is 0.250. The van der Waals surface area contributed by atoms with Gasteiger partial charge >= 0.3 is 5.69 Å². The lowest BCUT2D eigenvalue weighted by atomic mass is 10.2. The van der Waals surface area contributed by atoms with Crippen molar-refractivity contribution in [1.29, 1.82) is 0 Å². The minimum absolute atomic E-state index is 0.0983. The van der Waals surface area contributed by atoms with Gasteiger partial charge in [-0.2, -0.15) is 14.2 Å². The molecule has 1 unspecified atom stereocenters. The van der Waals surface area contributed by atoms with Crippen LogP contribution in [-0.4, -0.2) is 34.5 Å². The highest BCUT2D eigenvalue weighted by Crippen LogP contribution is 2.33. The van der Waals surface area contributed by atoms with Crippen molar-refractivity contribution in [1.82, 2.24) is 19.3 Å². The minimum atomic E-state index is -1.45. The summed E-state index contributed by atoms with van der Waals surface area (Å²) in [7, 11) is -1.45. The van der Waals surface area contributed by atoms with Gasteiger partial charge in [0.1, 0.15) is 34.0 Å². The number of thiazole rings is 1. The summed E-state index contributed by atoms with van der Waals surface area (Å²) < 4.78 is 66.0. The molecule has 4 aromatic rings. The van der Waals surface area contributed by atoms with Crippen LogP contribution in [0.4, 0.5) is 13.2 Å². The van der Waals surface area contributed by atoms with E-state index in [1.54, 1.807) is 27.7 Å². The first-order valence-electron chi connectivity index (χ1n) is 10.9. The molecule has 2 aromatic heterocycles. The molecule has 1 atom stereocenters. The summed E-state index contributed by atoms with van der Waals surface area (Å²) in [4.78, 5) is 17.0. The van der Waals surface area contributed by atoms with Crippen molar-refractivity contribution < 1.29 is 22.1 Å². The highest BCUT2D eigenvalue weighted by Gasteiger charge is 2.19. The van der Waals surface area contributed by atoms with Crippen LogP contribution in [0.2, 0.25) is 0 Å². The fourth-order valence-electron chi connectivity index (χ4n) is 3.08. The standard InChI is InChI=1S/C24H22F3N5O3S2/c1-14-22(36-21(30-14)11-29-37(34)24(2,3)4)35-20-9-8-15(10-19(20)27)32-23(33)31(13-28-32)12-16-17(25)6-5-7-18(16)26/h5-11,13H,12H2,1-4H3. The zero-order chi connectivity index (χ0) is 26.9. The largest absolute Gasteiger partial charge is 0.442 e. The number of aryl methyl sites for hydroxylation is 1. The van der Waals surface area contributed by atoms with E-state index in [9.17, 15) is 22.2 Å². The Hall–Kier alpha value is -3.58. The van der Waals surface area contributed by atoms with Gasteiger partial charge in [0, 0.05) is 11.6 Å². The average Bonchev–Trinajstić information content (AvgIpc) is 3.37. The van der Waals surface area contributed by atoms with E-state index < -0.39 is 38.9 Å². The van der Waals surface area contributed by atoms with Crippen molar-refractivity contribution in [2.45, 2.75) is 39.0 Å². The summed E-state index contributed by atoms with van der Waals surface area (Å²) in [5.74, 6) is -2.46. The number of rotatable bonds is 7. The summed E-state index contributed by atoms with van der Waals surface area (Å²) in [6.07, 6.45) is 2.51. The van der Waals surface area contributed by atoms with Crippen LogP contribution in [0.3, 0.4) is 0 Å². The van der Waals surface area contributed by atoms with Crippen LogP contribution >= 0.6 is 11.3 Å². The third kappa shape index (κ3) is 5.88. The lowest BCUT2D eigenvalue weighted by Crippen LogP contribution is -2.24. The van der Waals surface area contributed by atoms with E-state index in [4.69, 9.17) is 4.74 Å². The summed E-state index contributed by atoms with van der Waals surface area (Å²) in [5, 5.41) is 4.70. The zero-order valence-corrected chi connectivity index (χ0v) is 21.9. The van der Waals surface area contributed by atoms with Gasteiger partial charge in [-0.25, -0.2) is 27.2 Å². The summed E-state index contributed by atoms with van der Waals surface area (Å²) in [6, 6.07) is 7.22. The second-order valence-electron chi connectivity index (χ2n) is 8.89. The molecular formula is C24H22F3N5O3S2. The predicted octanol–water partition coefficient (Wildman–Crippen LogP) is 4.94. The molecule has 0 spiro atoms. The number of benzene rings is 2. The van der Waals surface area contributed by atoms with Gasteiger partial charge in [-0.15, -0.1) is 0 Å². The molecule has 13 heteroatoms. The molecular weight excluding hydrogens is 527 g/mol. The van der Waals surface area contributed by atoms with E-state index in [0.717, 1.165) is 45.1 Å².